The lowest BCUT2D eigenvalue weighted by Gasteiger charge is -2.21. The number of benzene rings is 1. The molecule has 0 amide bonds. The van der Waals surface area contributed by atoms with Gasteiger partial charge in [0.25, 0.3) is 0 Å². The van der Waals surface area contributed by atoms with Gasteiger partial charge in [-0.2, -0.15) is 0 Å². The molecule has 0 aliphatic carbocycles. The second kappa shape index (κ2) is 11.9. The van der Waals surface area contributed by atoms with E-state index in [0.717, 1.165) is 18.7 Å². The molecule has 0 saturated heterocycles. The zero-order valence-electron chi connectivity index (χ0n) is 16.3. The topological polar surface area (TPSA) is 58.2 Å². The third kappa shape index (κ3) is 7.11. The summed E-state index contributed by atoms with van der Waals surface area (Å²) in [6, 6.07) is 5.47. The minimum absolute atomic E-state index is 0.138. The number of hydrogen-bond donors (Lipinski definition) is 1. The first kappa shape index (κ1) is 21.6. The maximum atomic E-state index is 12.4. The van der Waals surface area contributed by atoms with E-state index in [1.54, 1.807) is 18.5 Å². The van der Waals surface area contributed by atoms with Crippen LogP contribution in [0.25, 0.3) is 0 Å². The molecule has 6 heteroatoms. The van der Waals surface area contributed by atoms with Crippen molar-refractivity contribution in [1.29, 1.82) is 0 Å². The third-order valence-corrected chi connectivity index (χ3v) is 5.10. The largest absolute Gasteiger partial charge is 0.494 e. The van der Waals surface area contributed by atoms with E-state index < -0.39 is 0 Å². The first-order chi connectivity index (χ1) is 13.2. The Morgan fingerprint density at radius 2 is 1.85 bits per heavy atom. The normalized spacial score (nSPS) is 11.1. The lowest BCUT2D eigenvalue weighted by Crippen LogP contribution is -2.28. The number of H-pyrrole nitrogens is 1. The molecule has 2 aromatic rings. The van der Waals surface area contributed by atoms with E-state index in [-0.39, 0.29) is 5.78 Å². The Morgan fingerprint density at radius 3 is 2.44 bits per heavy atom. The summed E-state index contributed by atoms with van der Waals surface area (Å²) < 4.78 is 6.60. The second-order valence-corrected chi connectivity index (χ2v) is 7.51. The number of ether oxygens (including phenoxy) is 1. The number of ketones is 1. The number of imidazole rings is 1. The molecule has 0 aliphatic rings. The summed E-state index contributed by atoms with van der Waals surface area (Å²) in [6.07, 6.45) is 9.18. The van der Waals surface area contributed by atoms with Crippen LogP contribution in [0.2, 0.25) is 0 Å². The van der Waals surface area contributed by atoms with Crippen LogP contribution >= 0.6 is 15.9 Å². The number of halogens is 1. The number of hydrogen-bond acceptors (Lipinski definition) is 4. The van der Waals surface area contributed by atoms with Crippen molar-refractivity contribution in [3.05, 3.63) is 46.5 Å². The van der Waals surface area contributed by atoms with Gasteiger partial charge in [-0.15, -0.1) is 0 Å². The molecule has 0 atom stereocenters. The highest BCUT2D eigenvalue weighted by atomic mass is 79.9. The molecule has 1 aromatic heterocycles. The zero-order chi connectivity index (χ0) is 19.5. The predicted molar refractivity (Wildman–Crippen MR) is 113 cm³/mol. The van der Waals surface area contributed by atoms with Crippen LogP contribution in [-0.2, 0) is 0 Å². The molecule has 2 rings (SSSR count). The van der Waals surface area contributed by atoms with E-state index in [0.29, 0.717) is 22.5 Å². The van der Waals surface area contributed by atoms with E-state index in [2.05, 4.69) is 44.6 Å². The van der Waals surface area contributed by atoms with Crippen molar-refractivity contribution in [1.82, 2.24) is 14.9 Å². The SMILES string of the molecule is CCCCN(CCCC)CCCOc1ccc(C(=O)c2ncc[nH]2)c(Br)c1. The van der Waals surface area contributed by atoms with E-state index in [1.807, 2.05) is 12.1 Å². The Bertz CT molecular complexity index is 681. The Morgan fingerprint density at radius 1 is 1.15 bits per heavy atom. The lowest BCUT2D eigenvalue weighted by molar-refractivity contribution is 0.102. The quantitative estimate of drug-likeness (QED) is 0.352. The van der Waals surface area contributed by atoms with Crippen molar-refractivity contribution in [3.8, 4) is 5.75 Å². The van der Waals surface area contributed by atoms with Crippen LogP contribution in [0.5, 0.6) is 5.75 Å². The Labute approximate surface area is 170 Å². The molecule has 0 fully saturated rings. The molecular weight excluding hydrogens is 406 g/mol. The lowest BCUT2D eigenvalue weighted by atomic mass is 10.1. The molecule has 0 aliphatic heterocycles. The fourth-order valence-corrected chi connectivity index (χ4v) is 3.40. The summed E-state index contributed by atoms with van der Waals surface area (Å²) >= 11 is 3.47. The Hall–Kier alpha value is -1.66. The van der Waals surface area contributed by atoms with Gasteiger partial charge in [-0.25, -0.2) is 4.98 Å². The highest BCUT2D eigenvalue weighted by Gasteiger charge is 2.15. The fourth-order valence-electron chi connectivity index (χ4n) is 2.86. The molecule has 0 spiro atoms. The van der Waals surface area contributed by atoms with Crippen LogP contribution in [-0.4, -0.2) is 46.9 Å². The summed E-state index contributed by atoms with van der Waals surface area (Å²) in [4.78, 5) is 21.8. The van der Waals surface area contributed by atoms with Crippen LogP contribution in [0.1, 0.15) is 62.1 Å². The molecule has 148 valence electrons. The summed E-state index contributed by atoms with van der Waals surface area (Å²) in [6.45, 7) is 8.55. The Kier molecular flexibility index (Phi) is 9.56. The van der Waals surface area contributed by atoms with Crippen molar-refractivity contribution in [2.75, 3.05) is 26.2 Å². The second-order valence-electron chi connectivity index (χ2n) is 6.66. The number of carbonyl (C=O) groups excluding carboxylic acids is 1. The summed E-state index contributed by atoms with van der Waals surface area (Å²) in [7, 11) is 0. The average molecular weight is 436 g/mol. The summed E-state index contributed by atoms with van der Waals surface area (Å²) in [5.41, 5.74) is 0.572. The zero-order valence-corrected chi connectivity index (χ0v) is 17.9. The van der Waals surface area contributed by atoms with Gasteiger partial charge < -0.3 is 14.6 Å². The van der Waals surface area contributed by atoms with Crippen LogP contribution in [0.3, 0.4) is 0 Å². The maximum absolute atomic E-state index is 12.4. The van der Waals surface area contributed by atoms with Gasteiger partial charge in [0.2, 0.25) is 5.78 Å². The fraction of sp³-hybridized carbons (Fsp3) is 0.524. The van der Waals surface area contributed by atoms with E-state index >= 15 is 0 Å². The number of nitrogens with zero attached hydrogens (tertiary/aromatic N) is 2. The minimum atomic E-state index is -0.138. The van der Waals surface area contributed by atoms with Gasteiger partial charge in [0.05, 0.1) is 6.61 Å². The molecule has 0 saturated carbocycles. The molecule has 1 heterocycles. The number of carbonyl (C=O) groups is 1. The molecule has 0 radical (unpaired) electrons. The highest BCUT2D eigenvalue weighted by Crippen LogP contribution is 2.24. The number of rotatable bonds is 13. The minimum Gasteiger partial charge on any atom is -0.494 e. The number of nitrogens with one attached hydrogen (secondary N) is 1. The van der Waals surface area contributed by atoms with Crippen LogP contribution < -0.4 is 4.74 Å². The predicted octanol–water partition coefficient (Wildman–Crippen LogP) is 5.07. The maximum Gasteiger partial charge on any atom is 0.229 e. The van der Waals surface area contributed by atoms with Crippen molar-refractivity contribution >= 4 is 21.7 Å². The van der Waals surface area contributed by atoms with Crippen molar-refractivity contribution in [2.45, 2.75) is 46.0 Å². The van der Waals surface area contributed by atoms with Crippen LogP contribution in [0, 0.1) is 0 Å². The average Bonchev–Trinajstić information content (AvgIpc) is 3.21. The monoisotopic (exact) mass is 435 g/mol. The molecule has 0 bridgehead atoms. The van der Waals surface area contributed by atoms with E-state index in [4.69, 9.17) is 4.74 Å². The van der Waals surface area contributed by atoms with Gasteiger partial charge in [-0.1, -0.05) is 26.7 Å². The van der Waals surface area contributed by atoms with E-state index in [1.165, 1.54) is 38.8 Å². The molecule has 5 nitrogen and oxygen atoms in total. The molecular formula is C21H30BrN3O2. The summed E-state index contributed by atoms with van der Waals surface area (Å²) in [5.74, 6) is 0.969. The van der Waals surface area contributed by atoms with Crippen molar-refractivity contribution < 1.29 is 9.53 Å². The van der Waals surface area contributed by atoms with Crippen molar-refractivity contribution in [2.24, 2.45) is 0 Å². The van der Waals surface area contributed by atoms with Crippen LogP contribution in [0.15, 0.2) is 35.1 Å². The first-order valence-electron chi connectivity index (χ1n) is 9.84. The first-order valence-corrected chi connectivity index (χ1v) is 10.6. The van der Waals surface area contributed by atoms with E-state index in [9.17, 15) is 4.79 Å². The third-order valence-electron chi connectivity index (χ3n) is 4.44. The van der Waals surface area contributed by atoms with Crippen LogP contribution in [0.4, 0.5) is 0 Å². The molecule has 1 aromatic carbocycles. The molecule has 1 N–H and O–H groups in total. The van der Waals surface area contributed by atoms with Gasteiger partial charge in [0.1, 0.15) is 5.75 Å². The standard InChI is InChI=1S/C21H30BrN3O2/c1-3-5-12-25(13-6-4-2)14-7-15-27-17-8-9-18(19(22)16-17)20(26)21-23-10-11-24-21/h8-11,16H,3-7,12-15H2,1-2H3,(H,23,24). The highest BCUT2D eigenvalue weighted by molar-refractivity contribution is 9.10. The van der Waals surface area contributed by atoms with Gasteiger partial charge in [-0.05, 0) is 66.5 Å². The smallest absolute Gasteiger partial charge is 0.229 e. The van der Waals surface area contributed by atoms with Gasteiger partial charge in [-0.3, -0.25) is 4.79 Å². The molecule has 0 unspecified atom stereocenters. The van der Waals surface area contributed by atoms with Gasteiger partial charge in [0.15, 0.2) is 5.82 Å². The number of aromatic nitrogens is 2. The summed E-state index contributed by atoms with van der Waals surface area (Å²) in [5, 5.41) is 0. The van der Waals surface area contributed by atoms with Gasteiger partial charge >= 0.3 is 0 Å². The van der Waals surface area contributed by atoms with Crippen molar-refractivity contribution in [3.63, 3.8) is 0 Å². The number of unbranched alkanes of at least 4 members (excludes halogenated alkanes) is 2. The Balaban J connectivity index is 1.82. The van der Waals surface area contributed by atoms with Gasteiger partial charge in [0, 0.05) is 29.0 Å². The molecule has 27 heavy (non-hydrogen) atoms. The number of aromatic amines is 1.